The Morgan fingerprint density at radius 2 is 2.20 bits per heavy atom. The van der Waals surface area contributed by atoms with Crippen molar-refractivity contribution >= 4 is 27.3 Å². The Kier molecular flexibility index (Phi) is 5.40. The van der Waals surface area contributed by atoms with Gasteiger partial charge in [0.05, 0.1) is 4.92 Å². The van der Waals surface area contributed by atoms with Gasteiger partial charge in [0.2, 0.25) is 0 Å². The molecule has 0 bridgehead atoms. The lowest BCUT2D eigenvalue weighted by Crippen LogP contribution is -2.34. The third kappa shape index (κ3) is 3.32. The molecule has 4 nitrogen and oxygen atoms in total. The summed E-state index contributed by atoms with van der Waals surface area (Å²) in [5, 5.41) is 12.0. The molecule has 2 rings (SSSR count). The summed E-state index contributed by atoms with van der Waals surface area (Å²) in [5.41, 5.74) is 1.97. The summed E-state index contributed by atoms with van der Waals surface area (Å²) in [6, 6.07) is 6.02. The number of rotatable bonds is 4. The maximum absolute atomic E-state index is 11.4. The fourth-order valence-corrected chi connectivity index (χ4v) is 3.31. The number of benzene rings is 1. The third-order valence-electron chi connectivity index (χ3n) is 4.05. The Morgan fingerprint density at radius 3 is 2.85 bits per heavy atom. The van der Waals surface area contributed by atoms with Crippen LogP contribution in [-0.4, -0.2) is 17.5 Å². The summed E-state index contributed by atoms with van der Waals surface area (Å²) in [4.78, 5) is 13.4. The number of nitro groups is 1. The third-order valence-corrected chi connectivity index (χ3v) is 4.70. The van der Waals surface area contributed by atoms with Gasteiger partial charge in [0.1, 0.15) is 5.69 Å². The first kappa shape index (κ1) is 15.3. The standard InChI is InChI=1S/C15H21BrN2O2/c1-2-13-6-4-3-5-9-17(13)14-8-7-12(11-16)10-15(14)18(19)20/h7-8,10,13H,2-6,9,11H2,1H3. The molecule has 1 aromatic carbocycles. The number of hydrogen-bond acceptors (Lipinski definition) is 3. The van der Waals surface area contributed by atoms with E-state index in [0.29, 0.717) is 11.4 Å². The lowest BCUT2D eigenvalue weighted by atomic mass is 10.1. The van der Waals surface area contributed by atoms with Gasteiger partial charge in [-0.05, 0) is 30.9 Å². The molecule has 1 unspecified atom stereocenters. The number of hydrogen-bond donors (Lipinski definition) is 0. The summed E-state index contributed by atoms with van der Waals surface area (Å²) in [6.45, 7) is 3.09. The summed E-state index contributed by atoms with van der Waals surface area (Å²) >= 11 is 3.36. The predicted molar refractivity (Wildman–Crippen MR) is 85.6 cm³/mol. The van der Waals surface area contributed by atoms with Crippen LogP contribution in [0.15, 0.2) is 18.2 Å². The summed E-state index contributed by atoms with van der Waals surface area (Å²) in [6.07, 6.45) is 5.74. The average molecular weight is 341 g/mol. The second-order valence-electron chi connectivity index (χ2n) is 5.32. The molecule has 0 N–H and O–H groups in total. The highest BCUT2D eigenvalue weighted by Gasteiger charge is 2.26. The Balaban J connectivity index is 2.40. The molecule has 1 aromatic rings. The molecule has 0 spiro atoms. The first-order chi connectivity index (χ1) is 9.67. The molecule has 0 aromatic heterocycles. The van der Waals surface area contributed by atoms with Gasteiger partial charge in [-0.15, -0.1) is 0 Å². The number of alkyl halides is 1. The lowest BCUT2D eigenvalue weighted by Gasteiger charge is -2.31. The summed E-state index contributed by atoms with van der Waals surface area (Å²) in [5.74, 6) is 0. The number of anilines is 1. The zero-order valence-corrected chi connectivity index (χ0v) is 13.4. The Morgan fingerprint density at radius 1 is 1.40 bits per heavy atom. The van der Waals surface area contributed by atoms with Crippen LogP contribution in [0.5, 0.6) is 0 Å². The molecular formula is C15H21BrN2O2. The first-order valence-corrected chi connectivity index (χ1v) is 8.39. The molecule has 5 heteroatoms. The number of nitrogens with zero attached hydrogens (tertiary/aromatic N) is 2. The van der Waals surface area contributed by atoms with Crippen molar-refractivity contribution in [3.63, 3.8) is 0 Å². The normalized spacial score (nSPS) is 19.7. The number of halogens is 1. The van der Waals surface area contributed by atoms with E-state index < -0.39 is 0 Å². The minimum absolute atomic E-state index is 0.238. The van der Waals surface area contributed by atoms with E-state index in [9.17, 15) is 10.1 Å². The topological polar surface area (TPSA) is 46.4 Å². The smallest absolute Gasteiger partial charge is 0.292 e. The van der Waals surface area contributed by atoms with Crippen molar-refractivity contribution in [2.75, 3.05) is 11.4 Å². The molecule has 1 heterocycles. The van der Waals surface area contributed by atoms with Crippen molar-refractivity contribution in [2.24, 2.45) is 0 Å². The van der Waals surface area contributed by atoms with Crippen molar-refractivity contribution in [3.05, 3.63) is 33.9 Å². The molecule has 1 fully saturated rings. The highest BCUT2D eigenvalue weighted by molar-refractivity contribution is 9.08. The molecule has 0 saturated carbocycles. The fraction of sp³-hybridized carbons (Fsp3) is 0.600. The maximum atomic E-state index is 11.4. The second kappa shape index (κ2) is 7.07. The molecule has 110 valence electrons. The van der Waals surface area contributed by atoms with Crippen LogP contribution in [0.25, 0.3) is 0 Å². The van der Waals surface area contributed by atoms with Crippen LogP contribution >= 0.6 is 15.9 Å². The van der Waals surface area contributed by atoms with E-state index in [0.717, 1.165) is 37.1 Å². The summed E-state index contributed by atoms with van der Waals surface area (Å²) in [7, 11) is 0. The van der Waals surface area contributed by atoms with Crippen molar-refractivity contribution in [3.8, 4) is 0 Å². The van der Waals surface area contributed by atoms with Crippen LogP contribution < -0.4 is 4.90 Å². The Hall–Kier alpha value is -1.10. The SMILES string of the molecule is CCC1CCCCCN1c1ccc(CBr)cc1[N+](=O)[O-]. The molecule has 1 aliphatic heterocycles. The molecule has 0 aliphatic carbocycles. The monoisotopic (exact) mass is 340 g/mol. The predicted octanol–water partition coefficient (Wildman–Crippen LogP) is 4.65. The quantitative estimate of drug-likeness (QED) is 0.455. The fourth-order valence-electron chi connectivity index (χ4n) is 2.96. The van der Waals surface area contributed by atoms with Gasteiger partial charge in [0.15, 0.2) is 0 Å². The molecule has 20 heavy (non-hydrogen) atoms. The van der Waals surface area contributed by atoms with Crippen LogP contribution in [-0.2, 0) is 5.33 Å². The average Bonchev–Trinajstić information content (AvgIpc) is 2.71. The van der Waals surface area contributed by atoms with Crippen LogP contribution in [0.4, 0.5) is 11.4 Å². The second-order valence-corrected chi connectivity index (χ2v) is 5.88. The van der Waals surface area contributed by atoms with E-state index in [1.165, 1.54) is 12.8 Å². The van der Waals surface area contributed by atoms with E-state index in [1.807, 2.05) is 12.1 Å². The zero-order valence-electron chi connectivity index (χ0n) is 11.8. The molecule has 1 aliphatic rings. The highest BCUT2D eigenvalue weighted by Crippen LogP contribution is 2.34. The van der Waals surface area contributed by atoms with Crippen molar-refractivity contribution in [2.45, 2.75) is 50.4 Å². The van der Waals surface area contributed by atoms with Crippen LogP contribution in [0.2, 0.25) is 0 Å². The van der Waals surface area contributed by atoms with Gasteiger partial charge < -0.3 is 4.90 Å². The Labute approximate surface area is 128 Å². The van der Waals surface area contributed by atoms with Gasteiger partial charge >= 0.3 is 0 Å². The molecule has 0 radical (unpaired) electrons. The van der Waals surface area contributed by atoms with Crippen LogP contribution in [0, 0.1) is 10.1 Å². The van der Waals surface area contributed by atoms with E-state index in [-0.39, 0.29) is 10.6 Å². The number of nitro benzene ring substituents is 1. The van der Waals surface area contributed by atoms with Crippen molar-refractivity contribution in [1.82, 2.24) is 0 Å². The van der Waals surface area contributed by atoms with Gasteiger partial charge in [-0.1, -0.05) is 41.8 Å². The van der Waals surface area contributed by atoms with Gasteiger partial charge in [-0.2, -0.15) is 0 Å². The van der Waals surface area contributed by atoms with Crippen molar-refractivity contribution in [1.29, 1.82) is 0 Å². The molecular weight excluding hydrogens is 320 g/mol. The summed E-state index contributed by atoms with van der Waals surface area (Å²) < 4.78 is 0. The lowest BCUT2D eigenvalue weighted by molar-refractivity contribution is -0.384. The molecule has 1 saturated heterocycles. The van der Waals surface area contributed by atoms with Gasteiger partial charge in [0, 0.05) is 24.0 Å². The van der Waals surface area contributed by atoms with E-state index in [1.54, 1.807) is 6.07 Å². The minimum Gasteiger partial charge on any atom is -0.363 e. The zero-order chi connectivity index (χ0) is 14.5. The van der Waals surface area contributed by atoms with Crippen LogP contribution in [0.1, 0.15) is 44.6 Å². The van der Waals surface area contributed by atoms with Gasteiger partial charge in [0.25, 0.3) is 5.69 Å². The minimum atomic E-state index is -0.251. The highest BCUT2D eigenvalue weighted by atomic mass is 79.9. The van der Waals surface area contributed by atoms with Crippen LogP contribution in [0.3, 0.4) is 0 Å². The first-order valence-electron chi connectivity index (χ1n) is 7.27. The maximum Gasteiger partial charge on any atom is 0.292 e. The van der Waals surface area contributed by atoms with E-state index >= 15 is 0 Å². The van der Waals surface area contributed by atoms with E-state index in [2.05, 4.69) is 27.8 Å². The molecule has 0 amide bonds. The van der Waals surface area contributed by atoms with E-state index in [4.69, 9.17) is 0 Å². The largest absolute Gasteiger partial charge is 0.363 e. The Bertz CT molecular complexity index is 479. The van der Waals surface area contributed by atoms with Gasteiger partial charge in [-0.3, -0.25) is 10.1 Å². The van der Waals surface area contributed by atoms with Gasteiger partial charge in [-0.25, -0.2) is 0 Å². The van der Waals surface area contributed by atoms with Crippen molar-refractivity contribution < 1.29 is 4.92 Å². The molecule has 1 atom stereocenters.